The summed E-state index contributed by atoms with van der Waals surface area (Å²) in [5, 5.41) is 4.70. The molecule has 3 aromatic rings. The monoisotopic (exact) mass is 476 g/mol. The number of fused-ring (bicyclic) bond motifs is 2. The van der Waals surface area contributed by atoms with Crippen molar-refractivity contribution >= 4 is 40.0 Å². The van der Waals surface area contributed by atoms with Gasteiger partial charge in [-0.1, -0.05) is 30.8 Å². The van der Waals surface area contributed by atoms with E-state index in [1.807, 2.05) is 36.4 Å². The van der Waals surface area contributed by atoms with Crippen molar-refractivity contribution in [3.05, 3.63) is 53.6 Å². The smallest absolute Gasteiger partial charge is 0.234 e. The van der Waals surface area contributed by atoms with Crippen molar-refractivity contribution in [1.82, 2.24) is 4.98 Å². The van der Waals surface area contributed by atoms with Crippen LogP contribution in [-0.2, 0) is 11.3 Å². The van der Waals surface area contributed by atoms with E-state index in [0.717, 1.165) is 50.6 Å². The molecule has 1 saturated carbocycles. The average Bonchev–Trinajstić information content (AvgIpc) is 3.68. The largest absolute Gasteiger partial charge is 0.486 e. The number of nitrogens with one attached hydrogen (secondary N) is 1. The van der Waals surface area contributed by atoms with Crippen molar-refractivity contribution in [2.45, 2.75) is 43.8 Å². The average molecular weight is 477 g/mol. The maximum absolute atomic E-state index is 12.7. The Labute approximate surface area is 203 Å². The van der Waals surface area contributed by atoms with E-state index in [1.54, 1.807) is 0 Å². The van der Waals surface area contributed by atoms with Crippen molar-refractivity contribution in [1.29, 1.82) is 0 Å². The van der Waals surface area contributed by atoms with Crippen molar-refractivity contribution in [3.8, 4) is 11.5 Å². The Morgan fingerprint density at radius 1 is 1.18 bits per heavy atom. The molecular weight excluding hydrogens is 448 g/mol. The van der Waals surface area contributed by atoms with Gasteiger partial charge in [0, 0.05) is 29.4 Å². The number of carbonyl (C=O) groups is 1. The molecule has 2 aromatic carbocycles. The highest BCUT2D eigenvalue weighted by Gasteiger charge is 2.21. The van der Waals surface area contributed by atoms with Gasteiger partial charge in [0.1, 0.15) is 18.2 Å². The van der Waals surface area contributed by atoms with Crippen molar-refractivity contribution in [2.75, 3.05) is 24.3 Å². The number of pyridine rings is 1. The number of thioether (sulfide) groups is 1. The predicted molar refractivity (Wildman–Crippen MR) is 136 cm³/mol. The van der Waals surface area contributed by atoms with E-state index >= 15 is 0 Å². The maximum atomic E-state index is 12.7. The Bertz CT molecular complexity index is 1260. The van der Waals surface area contributed by atoms with E-state index in [4.69, 9.17) is 25.2 Å². The molecule has 3 N–H and O–H groups in total. The van der Waals surface area contributed by atoms with Gasteiger partial charge in [0.25, 0.3) is 0 Å². The van der Waals surface area contributed by atoms with Crippen LogP contribution < -0.4 is 20.5 Å². The molecule has 176 valence electrons. The minimum Gasteiger partial charge on any atom is -0.486 e. The van der Waals surface area contributed by atoms with Crippen LogP contribution in [0.1, 0.15) is 37.3 Å². The molecule has 2 heterocycles. The Hall–Kier alpha value is -3.10. The Kier molecular flexibility index (Phi) is 6.69. The van der Waals surface area contributed by atoms with Gasteiger partial charge >= 0.3 is 0 Å². The molecule has 1 fully saturated rings. The molecular formula is C26H28N4O3S. The molecule has 1 aromatic heterocycles. The van der Waals surface area contributed by atoms with E-state index < -0.39 is 0 Å². The number of ether oxygens (including phenoxy) is 2. The molecule has 34 heavy (non-hydrogen) atoms. The summed E-state index contributed by atoms with van der Waals surface area (Å²) < 4.78 is 11.4. The topological polar surface area (TPSA) is 98.8 Å². The molecule has 1 aliphatic carbocycles. The van der Waals surface area contributed by atoms with Gasteiger partial charge < -0.3 is 20.5 Å². The van der Waals surface area contributed by atoms with Gasteiger partial charge in [-0.25, -0.2) is 4.98 Å². The zero-order chi connectivity index (χ0) is 23.5. The second-order valence-corrected chi connectivity index (χ2v) is 9.39. The number of carbonyl (C=O) groups excluding carboxylic acids is 1. The van der Waals surface area contributed by atoms with Crippen molar-refractivity contribution in [2.24, 2.45) is 10.7 Å². The van der Waals surface area contributed by atoms with E-state index in [-0.39, 0.29) is 11.7 Å². The third-order valence-electron chi connectivity index (χ3n) is 5.78. The Morgan fingerprint density at radius 2 is 1.97 bits per heavy atom. The lowest BCUT2D eigenvalue weighted by molar-refractivity contribution is -0.113. The first kappa shape index (κ1) is 22.7. The third kappa shape index (κ3) is 5.18. The number of aliphatic imine (C=N–C) groups is 1. The second kappa shape index (κ2) is 10.0. The summed E-state index contributed by atoms with van der Waals surface area (Å²) in [6.07, 6.45) is 3.22. The minimum absolute atomic E-state index is 0.0913. The quantitative estimate of drug-likeness (QED) is 0.365. The van der Waals surface area contributed by atoms with Gasteiger partial charge in [-0.2, -0.15) is 0 Å². The number of rotatable bonds is 8. The zero-order valence-electron chi connectivity index (χ0n) is 19.2. The van der Waals surface area contributed by atoms with Crippen molar-refractivity contribution in [3.63, 3.8) is 0 Å². The summed E-state index contributed by atoms with van der Waals surface area (Å²) in [7, 11) is 0. The molecule has 0 atom stereocenters. The number of anilines is 1. The standard InChI is InChI=1S/C26H28N4O3S/c1-2-21(28-19-6-7-19)16-4-3-5-20(11-16)29-25(31)15-34-26-18(14-27)10-17-12-23-24(13-22(17)30-26)33-9-8-32-23/h3-5,10-13,19H,2,6-9,14-15,27H2,1H3,(H,29,31). The molecule has 7 nitrogen and oxygen atoms in total. The minimum atomic E-state index is -0.0913. The van der Waals surface area contributed by atoms with E-state index in [0.29, 0.717) is 31.5 Å². The van der Waals surface area contributed by atoms with Gasteiger partial charge in [0.05, 0.1) is 17.3 Å². The van der Waals surface area contributed by atoms with Crippen molar-refractivity contribution < 1.29 is 14.3 Å². The summed E-state index contributed by atoms with van der Waals surface area (Å²) in [5.41, 5.74) is 10.6. The van der Waals surface area contributed by atoms with Gasteiger partial charge in [0.2, 0.25) is 5.91 Å². The lowest BCUT2D eigenvalue weighted by Gasteiger charge is -2.19. The number of aromatic nitrogens is 1. The van der Waals surface area contributed by atoms with Crippen LogP contribution >= 0.6 is 11.8 Å². The van der Waals surface area contributed by atoms with Gasteiger partial charge in [-0.15, -0.1) is 0 Å². The van der Waals surface area contributed by atoms with E-state index in [2.05, 4.69) is 18.3 Å². The summed E-state index contributed by atoms with van der Waals surface area (Å²) in [6, 6.07) is 14.2. The summed E-state index contributed by atoms with van der Waals surface area (Å²) in [4.78, 5) is 22.3. The van der Waals surface area contributed by atoms with Gasteiger partial charge in [-0.05, 0) is 54.7 Å². The van der Waals surface area contributed by atoms with Crippen LogP contribution in [0.2, 0.25) is 0 Å². The highest BCUT2D eigenvalue weighted by atomic mass is 32.2. The molecule has 0 bridgehead atoms. The van der Waals surface area contributed by atoms with Crippen LogP contribution in [0.25, 0.3) is 10.9 Å². The number of nitrogens with zero attached hydrogens (tertiary/aromatic N) is 2. The lowest BCUT2D eigenvalue weighted by atomic mass is 10.1. The second-order valence-electron chi connectivity index (χ2n) is 8.42. The molecule has 0 radical (unpaired) electrons. The fraction of sp³-hybridized carbons (Fsp3) is 0.346. The van der Waals surface area contributed by atoms with Crippen LogP contribution in [0.3, 0.4) is 0 Å². The number of amides is 1. The van der Waals surface area contributed by atoms with Gasteiger partial charge in [-0.3, -0.25) is 9.79 Å². The normalized spacial score (nSPS) is 15.4. The van der Waals surface area contributed by atoms with E-state index in [1.165, 1.54) is 24.6 Å². The molecule has 8 heteroatoms. The zero-order valence-corrected chi connectivity index (χ0v) is 20.0. The van der Waals surface area contributed by atoms with Crippen LogP contribution in [0.5, 0.6) is 11.5 Å². The molecule has 1 amide bonds. The predicted octanol–water partition coefficient (Wildman–Crippen LogP) is 4.56. The van der Waals surface area contributed by atoms with Crippen LogP contribution in [0, 0.1) is 0 Å². The Morgan fingerprint density at radius 3 is 2.71 bits per heavy atom. The fourth-order valence-corrected chi connectivity index (χ4v) is 4.74. The van der Waals surface area contributed by atoms with Gasteiger partial charge in [0.15, 0.2) is 11.5 Å². The first-order chi connectivity index (χ1) is 16.6. The number of hydrogen-bond acceptors (Lipinski definition) is 7. The number of benzene rings is 2. The lowest BCUT2D eigenvalue weighted by Crippen LogP contribution is -2.16. The molecule has 1 aliphatic heterocycles. The maximum Gasteiger partial charge on any atom is 0.234 e. The Balaban J connectivity index is 1.28. The molecule has 0 saturated heterocycles. The molecule has 0 unspecified atom stereocenters. The summed E-state index contributed by atoms with van der Waals surface area (Å²) >= 11 is 1.38. The third-order valence-corrected chi connectivity index (χ3v) is 6.81. The van der Waals surface area contributed by atoms with Crippen LogP contribution in [-0.4, -0.2) is 41.6 Å². The van der Waals surface area contributed by atoms with Crippen LogP contribution in [0.15, 0.2) is 52.5 Å². The van der Waals surface area contributed by atoms with Crippen LogP contribution in [0.4, 0.5) is 5.69 Å². The summed E-state index contributed by atoms with van der Waals surface area (Å²) in [5.74, 6) is 1.55. The first-order valence-electron chi connectivity index (χ1n) is 11.7. The first-order valence-corrected chi connectivity index (χ1v) is 12.6. The molecule has 2 aliphatic rings. The highest BCUT2D eigenvalue weighted by Crippen LogP contribution is 2.36. The summed E-state index contributed by atoms with van der Waals surface area (Å²) in [6.45, 7) is 3.51. The highest BCUT2D eigenvalue weighted by molar-refractivity contribution is 8.00. The number of nitrogens with two attached hydrogens (primary N) is 1. The SMILES string of the molecule is CCC(=NC1CC1)c1cccc(NC(=O)CSc2nc3cc4c(cc3cc2CN)OCCO4)c1. The molecule has 0 spiro atoms. The fourth-order valence-electron chi connectivity index (χ4n) is 3.91. The van der Waals surface area contributed by atoms with E-state index in [9.17, 15) is 4.79 Å². The number of hydrogen-bond donors (Lipinski definition) is 2. The molecule has 5 rings (SSSR count).